The van der Waals surface area contributed by atoms with Crippen molar-refractivity contribution in [1.29, 1.82) is 0 Å². The summed E-state index contributed by atoms with van der Waals surface area (Å²) in [7, 11) is 0. The number of rotatable bonds is 5. The molecule has 0 unspecified atom stereocenters. The second kappa shape index (κ2) is 7.93. The number of thiophene rings is 1. The van der Waals surface area contributed by atoms with Gasteiger partial charge in [-0.3, -0.25) is 4.79 Å². The predicted molar refractivity (Wildman–Crippen MR) is 102 cm³/mol. The molecule has 132 valence electrons. The summed E-state index contributed by atoms with van der Waals surface area (Å²) >= 11 is 1.31. The fourth-order valence-electron chi connectivity index (χ4n) is 2.44. The Morgan fingerprint density at radius 3 is 2.62 bits per heavy atom. The first-order valence-electron chi connectivity index (χ1n) is 8.01. The average Bonchev–Trinajstić information content (AvgIpc) is 2.99. The topological polar surface area (TPSA) is 55.4 Å². The highest BCUT2D eigenvalue weighted by Gasteiger charge is 2.20. The Bertz CT molecular complexity index is 976. The maximum absolute atomic E-state index is 12.9. The average molecular weight is 369 g/mol. The molecule has 3 rings (SSSR count). The summed E-state index contributed by atoms with van der Waals surface area (Å²) in [6.07, 6.45) is 2.92. The molecular weight excluding hydrogens is 353 g/mol. The summed E-state index contributed by atoms with van der Waals surface area (Å²) in [6, 6.07) is 13.2. The predicted octanol–water partition coefficient (Wildman–Crippen LogP) is 4.87. The fraction of sp³-hybridized carbons (Fsp3) is 0.100. The van der Waals surface area contributed by atoms with Crippen molar-refractivity contribution < 1.29 is 18.7 Å². The molecule has 0 fully saturated rings. The third-order valence-electron chi connectivity index (χ3n) is 3.61. The van der Waals surface area contributed by atoms with Crippen molar-refractivity contribution in [1.82, 2.24) is 0 Å². The van der Waals surface area contributed by atoms with Crippen molar-refractivity contribution in [3.63, 3.8) is 0 Å². The Kier molecular flexibility index (Phi) is 5.43. The summed E-state index contributed by atoms with van der Waals surface area (Å²) in [5.74, 6) is -1.19. The highest BCUT2D eigenvalue weighted by molar-refractivity contribution is 7.23. The zero-order valence-electron chi connectivity index (χ0n) is 14.0. The van der Waals surface area contributed by atoms with Gasteiger partial charge >= 0.3 is 5.97 Å². The molecule has 1 amide bonds. The lowest BCUT2D eigenvalue weighted by Gasteiger charge is -2.05. The van der Waals surface area contributed by atoms with Gasteiger partial charge in [-0.2, -0.15) is 0 Å². The molecular formula is C20H16FNO3S. The lowest BCUT2D eigenvalue weighted by atomic mass is 10.1. The van der Waals surface area contributed by atoms with Gasteiger partial charge in [0.25, 0.3) is 0 Å². The van der Waals surface area contributed by atoms with Gasteiger partial charge in [-0.1, -0.05) is 30.3 Å². The standard InChI is InChI=1S/C20H16FNO3S/c1-2-25-20(24)18-15-5-3-4-6-16(15)26-19(18)22-17(23)12-9-13-7-10-14(21)11-8-13/h3-12H,2H2,1H3,(H,22,23). The van der Waals surface area contributed by atoms with Gasteiger partial charge in [-0.15, -0.1) is 11.3 Å². The Labute approximate surface area is 153 Å². The van der Waals surface area contributed by atoms with E-state index in [1.165, 1.54) is 29.5 Å². The number of carbonyl (C=O) groups excluding carboxylic acids is 2. The zero-order chi connectivity index (χ0) is 18.5. The third-order valence-corrected chi connectivity index (χ3v) is 4.70. The number of carbonyl (C=O) groups is 2. The number of nitrogens with one attached hydrogen (secondary N) is 1. The fourth-order valence-corrected chi connectivity index (χ4v) is 3.53. The van der Waals surface area contributed by atoms with Crippen molar-refractivity contribution in [2.24, 2.45) is 0 Å². The smallest absolute Gasteiger partial charge is 0.341 e. The van der Waals surface area contributed by atoms with Crippen molar-refractivity contribution in [2.45, 2.75) is 6.92 Å². The van der Waals surface area contributed by atoms with E-state index in [2.05, 4.69) is 5.32 Å². The van der Waals surface area contributed by atoms with Gasteiger partial charge in [0, 0.05) is 16.2 Å². The number of benzene rings is 2. The van der Waals surface area contributed by atoms with Crippen LogP contribution >= 0.6 is 11.3 Å². The molecule has 0 radical (unpaired) electrons. The number of ether oxygens (including phenoxy) is 1. The summed E-state index contributed by atoms with van der Waals surface area (Å²) in [4.78, 5) is 24.6. The van der Waals surface area contributed by atoms with E-state index in [-0.39, 0.29) is 18.3 Å². The highest BCUT2D eigenvalue weighted by atomic mass is 32.1. The molecule has 1 heterocycles. The number of esters is 1. The quantitative estimate of drug-likeness (QED) is 0.516. The van der Waals surface area contributed by atoms with E-state index in [9.17, 15) is 14.0 Å². The molecule has 0 atom stereocenters. The van der Waals surface area contributed by atoms with Gasteiger partial charge in [0.15, 0.2) is 0 Å². The van der Waals surface area contributed by atoms with E-state index >= 15 is 0 Å². The molecule has 0 bridgehead atoms. The van der Waals surface area contributed by atoms with Crippen molar-refractivity contribution in [2.75, 3.05) is 11.9 Å². The minimum Gasteiger partial charge on any atom is -0.462 e. The number of fused-ring (bicyclic) bond motifs is 1. The van der Waals surface area contributed by atoms with Crippen LogP contribution in [0.3, 0.4) is 0 Å². The lowest BCUT2D eigenvalue weighted by molar-refractivity contribution is -0.111. The van der Waals surface area contributed by atoms with Crippen LogP contribution in [0.2, 0.25) is 0 Å². The Balaban J connectivity index is 1.85. The van der Waals surface area contributed by atoms with Gasteiger partial charge in [0.05, 0.1) is 6.61 Å². The Hall–Kier alpha value is -2.99. The third kappa shape index (κ3) is 3.97. The minimum absolute atomic E-state index is 0.251. The van der Waals surface area contributed by atoms with Crippen LogP contribution in [0.25, 0.3) is 16.2 Å². The second-order valence-electron chi connectivity index (χ2n) is 5.40. The van der Waals surface area contributed by atoms with Crippen LogP contribution in [0.1, 0.15) is 22.8 Å². The molecule has 0 aliphatic rings. The normalized spacial score (nSPS) is 11.0. The number of amides is 1. The zero-order valence-corrected chi connectivity index (χ0v) is 14.8. The van der Waals surface area contributed by atoms with Crippen LogP contribution in [0.4, 0.5) is 9.39 Å². The molecule has 26 heavy (non-hydrogen) atoms. The number of hydrogen-bond donors (Lipinski definition) is 1. The van der Waals surface area contributed by atoms with Crippen molar-refractivity contribution in [3.8, 4) is 0 Å². The maximum Gasteiger partial charge on any atom is 0.341 e. The van der Waals surface area contributed by atoms with Gasteiger partial charge < -0.3 is 10.1 Å². The number of halogens is 1. The molecule has 1 aromatic heterocycles. The first-order chi connectivity index (χ1) is 12.6. The summed E-state index contributed by atoms with van der Waals surface area (Å²) in [6.45, 7) is 1.98. The van der Waals surface area contributed by atoms with Gasteiger partial charge in [0.1, 0.15) is 16.4 Å². The van der Waals surface area contributed by atoms with Crippen LogP contribution in [-0.2, 0) is 9.53 Å². The second-order valence-corrected chi connectivity index (χ2v) is 6.45. The maximum atomic E-state index is 12.9. The molecule has 0 saturated heterocycles. The summed E-state index contributed by atoms with van der Waals surface area (Å²) in [5.41, 5.74) is 1.06. The molecule has 0 aliphatic carbocycles. The van der Waals surface area contributed by atoms with Crippen molar-refractivity contribution in [3.05, 3.63) is 71.6 Å². The molecule has 2 aromatic carbocycles. The SMILES string of the molecule is CCOC(=O)c1c(NC(=O)C=Cc2ccc(F)cc2)sc2ccccc12. The van der Waals surface area contributed by atoms with Gasteiger partial charge in [0.2, 0.25) is 5.91 Å². The van der Waals surface area contributed by atoms with Crippen LogP contribution in [0.5, 0.6) is 0 Å². The molecule has 0 aliphatic heterocycles. The molecule has 3 aromatic rings. The molecule has 4 nitrogen and oxygen atoms in total. The van der Waals surface area contributed by atoms with Crippen molar-refractivity contribution >= 4 is 44.4 Å². The Morgan fingerprint density at radius 1 is 1.15 bits per heavy atom. The van der Waals surface area contributed by atoms with Gasteiger partial charge in [-0.05, 0) is 36.8 Å². The van der Waals surface area contributed by atoms with Crippen LogP contribution in [-0.4, -0.2) is 18.5 Å². The number of hydrogen-bond acceptors (Lipinski definition) is 4. The molecule has 1 N–H and O–H groups in total. The van der Waals surface area contributed by atoms with E-state index in [1.807, 2.05) is 24.3 Å². The van der Waals surface area contributed by atoms with Crippen LogP contribution < -0.4 is 5.32 Å². The van der Waals surface area contributed by atoms with E-state index in [1.54, 1.807) is 25.1 Å². The molecule has 6 heteroatoms. The van der Waals surface area contributed by atoms with E-state index in [0.717, 1.165) is 10.1 Å². The largest absolute Gasteiger partial charge is 0.462 e. The molecule has 0 saturated carbocycles. The van der Waals surface area contributed by atoms with E-state index < -0.39 is 5.97 Å². The highest BCUT2D eigenvalue weighted by Crippen LogP contribution is 2.36. The van der Waals surface area contributed by atoms with E-state index in [0.29, 0.717) is 16.1 Å². The van der Waals surface area contributed by atoms with Gasteiger partial charge in [-0.25, -0.2) is 9.18 Å². The first-order valence-corrected chi connectivity index (χ1v) is 8.83. The van der Waals surface area contributed by atoms with Crippen LogP contribution in [0.15, 0.2) is 54.6 Å². The van der Waals surface area contributed by atoms with E-state index in [4.69, 9.17) is 4.74 Å². The minimum atomic E-state index is -0.470. The lowest BCUT2D eigenvalue weighted by Crippen LogP contribution is -2.12. The monoisotopic (exact) mass is 369 g/mol. The molecule has 0 spiro atoms. The summed E-state index contributed by atoms with van der Waals surface area (Å²) < 4.78 is 18.9. The number of anilines is 1. The first kappa shape index (κ1) is 17.8. The summed E-state index contributed by atoms with van der Waals surface area (Å²) in [5, 5.41) is 3.93. The Morgan fingerprint density at radius 2 is 1.88 bits per heavy atom. The van der Waals surface area contributed by atoms with Crippen LogP contribution in [0, 0.1) is 5.82 Å².